The Kier molecular flexibility index (Phi) is 3.76. The van der Waals surface area contributed by atoms with Gasteiger partial charge in [0.05, 0.1) is 7.11 Å². The molecular weight excluding hydrogens is 225 g/mol. The third-order valence-corrected chi connectivity index (χ3v) is 2.00. The second-order valence-corrected chi connectivity index (χ2v) is 3.07. The fourth-order valence-corrected chi connectivity index (χ4v) is 1.24. The molecule has 0 atom stereocenters. The average molecular weight is 234 g/mol. The standard InChI is InChI=1S/C10H9F3O3/c1-16-10-6(11)4-5(2-3-7(14)15)8(12)9(10)13/h4H,2-3H2,1H3,(H,14,15). The van der Waals surface area contributed by atoms with E-state index in [4.69, 9.17) is 5.11 Å². The number of methoxy groups -OCH3 is 1. The molecule has 0 radical (unpaired) electrons. The van der Waals surface area contributed by atoms with Crippen molar-refractivity contribution in [3.05, 3.63) is 29.1 Å². The van der Waals surface area contributed by atoms with E-state index in [9.17, 15) is 18.0 Å². The molecule has 0 unspecified atom stereocenters. The lowest BCUT2D eigenvalue weighted by Crippen LogP contribution is -2.04. The van der Waals surface area contributed by atoms with Crippen LogP contribution in [0.3, 0.4) is 0 Å². The van der Waals surface area contributed by atoms with Crippen molar-refractivity contribution < 1.29 is 27.8 Å². The monoisotopic (exact) mass is 234 g/mol. The Morgan fingerprint density at radius 3 is 2.50 bits per heavy atom. The molecule has 0 aliphatic carbocycles. The fourth-order valence-electron chi connectivity index (χ4n) is 1.24. The van der Waals surface area contributed by atoms with Crippen LogP contribution >= 0.6 is 0 Å². The van der Waals surface area contributed by atoms with Crippen molar-refractivity contribution >= 4 is 5.97 Å². The van der Waals surface area contributed by atoms with Gasteiger partial charge in [0.2, 0.25) is 5.82 Å². The molecule has 0 aliphatic heterocycles. The van der Waals surface area contributed by atoms with Crippen LogP contribution in [0.15, 0.2) is 6.07 Å². The topological polar surface area (TPSA) is 46.5 Å². The summed E-state index contributed by atoms with van der Waals surface area (Å²) in [4.78, 5) is 10.2. The van der Waals surface area contributed by atoms with Gasteiger partial charge in [-0.2, -0.15) is 4.39 Å². The minimum Gasteiger partial charge on any atom is -0.491 e. The van der Waals surface area contributed by atoms with E-state index < -0.39 is 35.6 Å². The second kappa shape index (κ2) is 4.87. The third kappa shape index (κ3) is 2.44. The molecule has 0 amide bonds. The number of rotatable bonds is 4. The Morgan fingerprint density at radius 1 is 1.38 bits per heavy atom. The van der Waals surface area contributed by atoms with Gasteiger partial charge in [-0.25, -0.2) is 8.78 Å². The maximum atomic E-state index is 13.3. The van der Waals surface area contributed by atoms with Crippen LogP contribution in [0.25, 0.3) is 0 Å². The first-order valence-corrected chi connectivity index (χ1v) is 4.39. The fraction of sp³-hybridized carbons (Fsp3) is 0.300. The zero-order chi connectivity index (χ0) is 12.3. The summed E-state index contributed by atoms with van der Waals surface area (Å²) in [5, 5.41) is 8.37. The quantitative estimate of drug-likeness (QED) is 0.812. The first-order chi connectivity index (χ1) is 7.47. The average Bonchev–Trinajstić information content (AvgIpc) is 2.22. The Morgan fingerprint density at radius 2 is 2.00 bits per heavy atom. The Bertz CT molecular complexity index is 418. The van der Waals surface area contributed by atoms with E-state index >= 15 is 0 Å². The van der Waals surface area contributed by atoms with E-state index in [1.165, 1.54) is 0 Å². The number of carboxylic acids is 1. The van der Waals surface area contributed by atoms with E-state index in [-0.39, 0.29) is 12.0 Å². The van der Waals surface area contributed by atoms with Gasteiger partial charge in [0.25, 0.3) is 0 Å². The summed E-state index contributed by atoms with van der Waals surface area (Å²) < 4.78 is 43.9. The summed E-state index contributed by atoms with van der Waals surface area (Å²) in [6.07, 6.45) is -0.679. The molecule has 0 fully saturated rings. The number of halogens is 3. The SMILES string of the molecule is COc1c(F)cc(CCC(=O)O)c(F)c1F. The van der Waals surface area contributed by atoms with Crippen LogP contribution in [-0.2, 0) is 11.2 Å². The van der Waals surface area contributed by atoms with Gasteiger partial charge >= 0.3 is 5.97 Å². The molecule has 0 heterocycles. The maximum absolute atomic E-state index is 13.3. The minimum atomic E-state index is -1.44. The molecule has 6 heteroatoms. The summed E-state index contributed by atoms with van der Waals surface area (Å²) in [7, 11) is 1.01. The number of hydrogen-bond acceptors (Lipinski definition) is 2. The smallest absolute Gasteiger partial charge is 0.303 e. The second-order valence-electron chi connectivity index (χ2n) is 3.07. The van der Waals surface area contributed by atoms with E-state index in [1.807, 2.05) is 0 Å². The highest BCUT2D eigenvalue weighted by Crippen LogP contribution is 2.26. The number of aryl methyl sites for hydroxylation is 1. The molecule has 0 saturated carbocycles. The number of carboxylic acid groups (broad SMARTS) is 1. The van der Waals surface area contributed by atoms with Gasteiger partial charge in [0, 0.05) is 6.42 Å². The van der Waals surface area contributed by atoms with Gasteiger partial charge in [-0.3, -0.25) is 4.79 Å². The van der Waals surface area contributed by atoms with E-state index in [2.05, 4.69) is 4.74 Å². The molecule has 0 saturated heterocycles. The van der Waals surface area contributed by atoms with Crippen LogP contribution in [0.1, 0.15) is 12.0 Å². The third-order valence-electron chi connectivity index (χ3n) is 2.00. The molecule has 1 rings (SSSR count). The van der Waals surface area contributed by atoms with Crippen LogP contribution in [0.2, 0.25) is 0 Å². The van der Waals surface area contributed by atoms with E-state index in [1.54, 1.807) is 0 Å². The largest absolute Gasteiger partial charge is 0.491 e. The van der Waals surface area contributed by atoms with Crippen molar-refractivity contribution in [2.45, 2.75) is 12.8 Å². The van der Waals surface area contributed by atoms with E-state index in [0.29, 0.717) is 0 Å². The van der Waals surface area contributed by atoms with Crippen molar-refractivity contribution in [2.75, 3.05) is 7.11 Å². The van der Waals surface area contributed by atoms with Gasteiger partial charge < -0.3 is 9.84 Å². The number of carbonyl (C=O) groups is 1. The number of aliphatic carboxylic acids is 1. The predicted octanol–water partition coefficient (Wildman–Crippen LogP) is 2.13. The van der Waals surface area contributed by atoms with Crippen LogP contribution in [0.4, 0.5) is 13.2 Å². The lowest BCUT2D eigenvalue weighted by atomic mass is 10.1. The summed E-state index contributed by atoms with van der Waals surface area (Å²) in [6.45, 7) is 0. The molecule has 0 aliphatic rings. The summed E-state index contributed by atoms with van der Waals surface area (Å²) in [6, 6.07) is 0.736. The van der Waals surface area contributed by atoms with Crippen molar-refractivity contribution in [3.63, 3.8) is 0 Å². The van der Waals surface area contributed by atoms with Gasteiger partial charge in [-0.15, -0.1) is 0 Å². The van der Waals surface area contributed by atoms with Gasteiger partial charge in [-0.05, 0) is 18.1 Å². The molecule has 1 aromatic rings. The van der Waals surface area contributed by atoms with Gasteiger partial charge in [0.15, 0.2) is 17.4 Å². The highest BCUT2D eigenvalue weighted by atomic mass is 19.2. The summed E-state index contributed by atoms with van der Waals surface area (Å²) in [5.74, 6) is -5.75. The van der Waals surface area contributed by atoms with Crippen LogP contribution in [0.5, 0.6) is 5.75 Å². The number of ether oxygens (including phenoxy) is 1. The molecule has 1 N–H and O–H groups in total. The number of benzene rings is 1. The Hall–Kier alpha value is -1.72. The normalized spacial score (nSPS) is 10.2. The van der Waals surface area contributed by atoms with Crippen molar-refractivity contribution in [3.8, 4) is 5.75 Å². The van der Waals surface area contributed by atoms with E-state index in [0.717, 1.165) is 13.2 Å². The Balaban J connectivity index is 3.08. The maximum Gasteiger partial charge on any atom is 0.303 e. The molecule has 0 bridgehead atoms. The molecule has 88 valence electrons. The van der Waals surface area contributed by atoms with Crippen LogP contribution in [-0.4, -0.2) is 18.2 Å². The van der Waals surface area contributed by atoms with Crippen LogP contribution < -0.4 is 4.74 Å². The molecule has 0 spiro atoms. The van der Waals surface area contributed by atoms with Crippen LogP contribution in [0, 0.1) is 17.5 Å². The highest BCUT2D eigenvalue weighted by molar-refractivity contribution is 5.67. The van der Waals surface area contributed by atoms with Gasteiger partial charge in [-0.1, -0.05) is 0 Å². The molecule has 0 aromatic heterocycles. The molecular formula is C10H9F3O3. The van der Waals surface area contributed by atoms with Gasteiger partial charge in [0.1, 0.15) is 0 Å². The highest BCUT2D eigenvalue weighted by Gasteiger charge is 2.19. The summed E-state index contributed by atoms with van der Waals surface area (Å²) in [5.41, 5.74) is -0.321. The summed E-state index contributed by atoms with van der Waals surface area (Å²) >= 11 is 0. The molecule has 1 aromatic carbocycles. The lowest BCUT2D eigenvalue weighted by Gasteiger charge is -2.08. The predicted molar refractivity (Wildman–Crippen MR) is 48.8 cm³/mol. The minimum absolute atomic E-state index is 0.279. The first kappa shape index (κ1) is 12.4. The zero-order valence-corrected chi connectivity index (χ0v) is 8.39. The molecule has 16 heavy (non-hydrogen) atoms. The molecule has 3 nitrogen and oxygen atoms in total. The van der Waals surface area contributed by atoms with Crippen molar-refractivity contribution in [1.29, 1.82) is 0 Å². The zero-order valence-electron chi connectivity index (χ0n) is 8.39. The first-order valence-electron chi connectivity index (χ1n) is 4.39. The van der Waals surface area contributed by atoms with Crippen molar-refractivity contribution in [1.82, 2.24) is 0 Å². The Labute approximate surface area is 89.5 Å². The number of hydrogen-bond donors (Lipinski definition) is 1. The van der Waals surface area contributed by atoms with Crippen molar-refractivity contribution in [2.24, 2.45) is 0 Å². The lowest BCUT2D eigenvalue weighted by molar-refractivity contribution is -0.136.